The van der Waals surface area contributed by atoms with Crippen LogP contribution in [0.15, 0.2) is 60.7 Å². The first-order chi connectivity index (χ1) is 16.5. The van der Waals surface area contributed by atoms with Crippen molar-refractivity contribution in [3.05, 3.63) is 77.4 Å². The van der Waals surface area contributed by atoms with E-state index < -0.39 is 6.04 Å². The maximum absolute atomic E-state index is 12.2. The lowest BCUT2D eigenvalue weighted by atomic mass is 9.98. The molecule has 0 aliphatic rings. The van der Waals surface area contributed by atoms with Gasteiger partial charge in [-0.1, -0.05) is 12.1 Å². The number of ether oxygens (including phenoxy) is 5. The topological polar surface area (TPSA) is 101 Å². The maximum Gasteiger partial charge on any atom is 0.258 e. The van der Waals surface area contributed by atoms with E-state index in [2.05, 4.69) is 5.32 Å². The first-order valence-corrected chi connectivity index (χ1v) is 10.7. The molecule has 0 heterocycles. The van der Waals surface area contributed by atoms with Crippen molar-refractivity contribution in [3.8, 4) is 28.7 Å². The summed E-state index contributed by atoms with van der Waals surface area (Å²) < 4.78 is 26.9. The highest BCUT2D eigenvalue weighted by Gasteiger charge is 2.15. The average Bonchev–Trinajstić information content (AvgIpc) is 2.89. The van der Waals surface area contributed by atoms with Crippen LogP contribution in [0.4, 0.5) is 0 Å². The van der Waals surface area contributed by atoms with E-state index in [1.165, 1.54) is 0 Å². The molecule has 0 radical (unpaired) electrons. The molecule has 1 amide bonds. The number of amides is 1. The van der Waals surface area contributed by atoms with Gasteiger partial charge in [0.05, 0.1) is 34.5 Å². The Morgan fingerprint density at radius 2 is 1.38 bits per heavy atom. The van der Waals surface area contributed by atoms with Crippen LogP contribution >= 0.6 is 0 Å². The molecular weight excluding hydrogens is 436 g/mol. The number of carbonyl (C=O) groups is 1. The molecule has 1 atom stereocenters. The first-order valence-electron chi connectivity index (χ1n) is 10.7. The highest BCUT2D eigenvalue weighted by atomic mass is 16.5. The van der Waals surface area contributed by atoms with Gasteiger partial charge >= 0.3 is 0 Å². The third-order valence-corrected chi connectivity index (χ3v) is 5.36. The molecule has 0 bridgehead atoms. The van der Waals surface area contributed by atoms with E-state index in [-0.39, 0.29) is 12.5 Å². The van der Waals surface area contributed by atoms with Gasteiger partial charge in [0.25, 0.3) is 5.91 Å². The summed E-state index contributed by atoms with van der Waals surface area (Å²) in [7, 11) is 6.36. The smallest absolute Gasteiger partial charge is 0.258 e. The number of rotatable bonds is 11. The third-order valence-electron chi connectivity index (χ3n) is 5.36. The molecule has 180 valence electrons. The zero-order chi connectivity index (χ0) is 24.5. The van der Waals surface area contributed by atoms with Gasteiger partial charge in [-0.15, -0.1) is 0 Å². The quantitative estimate of drug-likeness (QED) is 0.446. The van der Waals surface area contributed by atoms with Crippen molar-refractivity contribution in [2.75, 3.05) is 35.0 Å². The second kappa shape index (κ2) is 11.8. The predicted molar refractivity (Wildman–Crippen MR) is 129 cm³/mol. The molecule has 0 saturated carbocycles. The second-order valence-electron chi connectivity index (χ2n) is 7.40. The zero-order valence-electron chi connectivity index (χ0n) is 19.8. The van der Waals surface area contributed by atoms with Crippen LogP contribution in [-0.2, 0) is 11.3 Å². The van der Waals surface area contributed by atoms with Crippen LogP contribution in [0.3, 0.4) is 0 Å². The largest absolute Gasteiger partial charge is 0.497 e. The molecular formula is C26H30N2O6. The van der Waals surface area contributed by atoms with Gasteiger partial charge in [0, 0.05) is 29.8 Å². The minimum Gasteiger partial charge on any atom is -0.497 e. The number of carbonyl (C=O) groups excluding carboxylic acids is 1. The van der Waals surface area contributed by atoms with Crippen molar-refractivity contribution >= 4 is 5.91 Å². The van der Waals surface area contributed by atoms with E-state index in [0.717, 1.165) is 16.7 Å². The summed E-state index contributed by atoms with van der Waals surface area (Å²) in [6.07, 6.45) is 0. The van der Waals surface area contributed by atoms with Crippen LogP contribution in [-0.4, -0.2) is 41.0 Å². The number of benzene rings is 3. The maximum atomic E-state index is 12.2. The van der Waals surface area contributed by atoms with Crippen LogP contribution < -0.4 is 34.7 Å². The molecule has 0 saturated heterocycles. The minimum atomic E-state index is -0.391. The summed E-state index contributed by atoms with van der Waals surface area (Å²) in [4.78, 5) is 12.2. The van der Waals surface area contributed by atoms with Gasteiger partial charge in [0.1, 0.15) is 28.7 Å². The van der Waals surface area contributed by atoms with E-state index in [9.17, 15) is 4.79 Å². The van der Waals surface area contributed by atoms with Crippen LogP contribution in [0.1, 0.15) is 22.7 Å². The van der Waals surface area contributed by atoms with E-state index >= 15 is 0 Å². The Kier molecular flexibility index (Phi) is 8.59. The number of hydrogen-bond donors (Lipinski definition) is 2. The normalized spacial score (nSPS) is 11.3. The van der Waals surface area contributed by atoms with Crippen LogP contribution in [0.5, 0.6) is 28.7 Å². The molecule has 1 unspecified atom stereocenters. The van der Waals surface area contributed by atoms with Crippen LogP contribution in [0.25, 0.3) is 0 Å². The van der Waals surface area contributed by atoms with Gasteiger partial charge in [-0.3, -0.25) is 4.79 Å². The fourth-order valence-corrected chi connectivity index (χ4v) is 3.42. The lowest BCUT2D eigenvalue weighted by molar-refractivity contribution is -0.123. The Hall–Kier alpha value is -3.91. The van der Waals surface area contributed by atoms with Gasteiger partial charge in [0.2, 0.25) is 0 Å². The van der Waals surface area contributed by atoms with Gasteiger partial charge in [-0.25, -0.2) is 0 Å². The molecule has 8 nitrogen and oxygen atoms in total. The van der Waals surface area contributed by atoms with E-state index in [1.807, 2.05) is 36.4 Å². The molecule has 3 aromatic carbocycles. The average molecular weight is 467 g/mol. The molecule has 3 aromatic rings. The molecule has 0 aliphatic heterocycles. The number of methoxy groups -OCH3 is 4. The minimum absolute atomic E-state index is 0.115. The van der Waals surface area contributed by atoms with Crippen molar-refractivity contribution < 1.29 is 28.5 Å². The Morgan fingerprint density at radius 1 is 0.794 bits per heavy atom. The van der Waals surface area contributed by atoms with Gasteiger partial charge in [0.15, 0.2) is 6.61 Å². The Bertz CT molecular complexity index is 1100. The molecule has 3 N–H and O–H groups in total. The summed E-state index contributed by atoms with van der Waals surface area (Å²) in [5, 5.41) is 2.83. The van der Waals surface area contributed by atoms with Crippen molar-refractivity contribution in [1.29, 1.82) is 0 Å². The van der Waals surface area contributed by atoms with E-state index in [4.69, 9.17) is 29.4 Å². The summed E-state index contributed by atoms with van der Waals surface area (Å²) in [5.41, 5.74) is 9.01. The van der Waals surface area contributed by atoms with Crippen LogP contribution in [0, 0.1) is 0 Å². The highest BCUT2D eigenvalue weighted by molar-refractivity contribution is 5.77. The van der Waals surface area contributed by atoms with E-state index in [1.54, 1.807) is 52.7 Å². The standard InChI is InChI=1S/C26H30N2O6/c1-30-20-10-7-18(23(13-20)32-3)15-28-25(29)16-34-19-8-5-17(6-9-19)26(27)22-12-11-21(31-2)14-24(22)33-4/h5-14,26H,15-16,27H2,1-4H3,(H,28,29). The van der Waals surface area contributed by atoms with Crippen molar-refractivity contribution in [1.82, 2.24) is 5.32 Å². The monoisotopic (exact) mass is 466 g/mol. The fourth-order valence-electron chi connectivity index (χ4n) is 3.42. The highest BCUT2D eigenvalue weighted by Crippen LogP contribution is 2.32. The summed E-state index contributed by atoms with van der Waals surface area (Å²) in [6.45, 7) is 0.197. The van der Waals surface area contributed by atoms with Gasteiger partial charge in [-0.2, -0.15) is 0 Å². The van der Waals surface area contributed by atoms with Crippen LogP contribution in [0.2, 0.25) is 0 Å². The molecule has 0 aliphatic carbocycles. The van der Waals surface area contributed by atoms with Crippen molar-refractivity contribution in [2.24, 2.45) is 5.73 Å². The summed E-state index contributed by atoms with van der Waals surface area (Å²) in [6, 6.07) is 17.9. The Labute approximate surface area is 199 Å². The third kappa shape index (κ3) is 6.11. The van der Waals surface area contributed by atoms with E-state index in [0.29, 0.717) is 35.3 Å². The number of nitrogens with two attached hydrogens (primary N) is 1. The Morgan fingerprint density at radius 3 is 2.00 bits per heavy atom. The molecule has 0 aromatic heterocycles. The fraction of sp³-hybridized carbons (Fsp3) is 0.269. The first kappa shape index (κ1) is 24.7. The second-order valence-corrected chi connectivity index (χ2v) is 7.40. The Balaban J connectivity index is 1.55. The van der Waals surface area contributed by atoms with Gasteiger partial charge in [-0.05, 0) is 42.0 Å². The number of hydrogen-bond acceptors (Lipinski definition) is 7. The number of nitrogens with one attached hydrogen (secondary N) is 1. The predicted octanol–water partition coefficient (Wildman–Crippen LogP) is 3.46. The SMILES string of the molecule is COc1ccc(CNC(=O)COc2ccc(C(N)c3ccc(OC)cc3OC)cc2)c(OC)c1. The lowest BCUT2D eigenvalue weighted by Gasteiger charge is -2.17. The van der Waals surface area contributed by atoms with Gasteiger partial charge < -0.3 is 34.7 Å². The summed E-state index contributed by atoms with van der Waals surface area (Å²) >= 11 is 0. The molecule has 8 heteroatoms. The molecule has 0 spiro atoms. The van der Waals surface area contributed by atoms with Crippen molar-refractivity contribution in [3.63, 3.8) is 0 Å². The summed E-state index contributed by atoms with van der Waals surface area (Å²) in [5.74, 6) is 2.99. The van der Waals surface area contributed by atoms with Crippen molar-refractivity contribution in [2.45, 2.75) is 12.6 Å². The zero-order valence-corrected chi connectivity index (χ0v) is 19.8. The molecule has 34 heavy (non-hydrogen) atoms. The molecule has 0 fully saturated rings. The lowest BCUT2D eigenvalue weighted by Crippen LogP contribution is -2.28. The molecule has 3 rings (SSSR count).